The number of nitrogens with one attached hydrogen (secondary N) is 1. The van der Waals surface area contributed by atoms with Crippen molar-refractivity contribution < 1.29 is 9.21 Å². The molecule has 0 aromatic carbocycles. The molecule has 0 bridgehead atoms. The summed E-state index contributed by atoms with van der Waals surface area (Å²) < 4.78 is 7.18. The summed E-state index contributed by atoms with van der Waals surface area (Å²) in [6.07, 6.45) is 1.63. The Morgan fingerprint density at radius 2 is 2.09 bits per heavy atom. The lowest BCUT2D eigenvalue weighted by Gasteiger charge is -2.22. The van der Waals surface area contributed by atoms with Crippen molar-refractivity contribution >= 4 is 17.7 Å². The minimum atomic E-state index is -0.250. The maximum absolute atomic E-state index is 12.2. The quantitative estimate of drug-likeness (QED) is 0.876. The molecule has 0 unspecified atom stereocenters. The number of hydrogen-bond acceptors (Lipinski definition) is 5. The van der Waals surface area contributed by atoms with Crippen molar-refractivity contribution in [3.8, 4) is 11.4 Å². The van der Waals surface area contributed by atoms with Crippen molar-refractivity contribution in [3.63, 3.8) is 0 Å². The average Bonchev–Trinajstić information content (AvgIpc) is 2.95. The van der Waals surface area contributed by atoms with E-state index < -0.39 is 0 Å². The van der Waals surface area contributed by atoms with Gasteiger partial charge in [0, 0.05) is 12.6 Å². The number of aryl methyl sites for hydroxylation is 1. The molecule has 22 heavy (non-hydrogen) atoms. The van der Waals surface area contributed by atoms with E-state index in [4.69, 9.17) is 4.42 Å². The first-order valence-electron chi connectivity index (χ1n) is 7.11. The lowest BCUT2D eigenvalue weighted by atomic mass is 10.1. The monoisotopic (exact) mass is 322 g/mol. The van der Waals surface area contributed by atoms with Crippen LogP contribution in [0.4, 0.5) is 0 Å². The predicted octanol–water partition coefficient (Wildman–Crippen LogP) is 2.78. The van der Waals surface area contributed by atoms with Gasteiger partial charge in [-0.15, -0.1) is 10.2 Å². The third kappa shape index (κ3) is 3.71. The van der Waals surface area contributed by atoms with Crippen molar-refractivity contribution in [3.05, 3.63) is 18.1 Å². The van der Waals surface area contributed by atoms with E-state index in [1.165, 1.54) is 11.8 Å². The maximum Gasteiger partial charge on any atom is 0.233 e. The van der Waals surface area contributed by atoms with Crippen molar-refractivity contribution in [2.24, 2.45) is 7.05 Å². The Bertz CT molecular complexity index is 669. The number of hydrogen-bond donors (Lipinski definition) is 1. The minimum Gasteiger partial charge on any atom is -0.469 e. The van der Waals surface area contributed by atoms with Crippen molar-refractivity contribution in [2.45, 2.75) is 50.6 Å². The molecule has 0 fully saturated rings. The number of carbonyl (C=O) groups excluding carboxylic acids is 1. The molecule has 2 heterocycles. The van der Waals surface area contributed by atoms with E-state index in [9.17, 15) is 4.79 Å². The molecule has 1 N–H and O–H groups in total. The SMILES string of the molecule is Cc1occc1-c1nnc(S[C@@H](C)C(=O)NC(C)(C)C)n1C. The highest BCUT2D eigenvalue weighted by atomic mass is 32.2. The first-order valence-corrected chi connectivity index (χ1v) is 7.99. The molecule has 1 atom stereocenters. The van der Waals surface area contributed by atoms with E-state index in [0.717, 1.165) is 17.1 Å². The number of thioether (sulfide) groups is 1. The van der Waals surface area contributed by atoms with E-state index in [1.807, 2.05) is 52.3 Å². The Morgan fingerprint density at radius 1 is 1.41 bits per heavy atom. The number of nitrogens with zero attached hydrogens (tertiary/aromatic N) is 3. The van der Waals surface area contributed by atoms with Crippen LogP contribution in [0.25, 0.3) is 11.4 Å². The molecule has 0 aliphatic carbocycles. The van der Waals surface area contributed by atoms with Crippen LogP contribution in [-0.4, -0.2) is 31.5 Å². The van der Waals surface area contributed by atoms with Crippen LogP contribution in [0.1, 0.15) is 33.5 Å². The van der Waals surface area contributed by atoms with Crippen LogP contribution in [0.2, 0.25) is 0 Å². The van der Waals surface area contributed by atoms with Gasteiger partial charge in [-0.25, -0.2) is 0 Å². The Hall–Kier alpha value is -1.76. The number of carbonyl (C=O) groups is 1. The third-order valence-electron chi connectivity index (χ3n) is 3.08. The molecule has 0 spiro atoms. The van der Waals surface area contributed by atoms with Gasteiger partial charge in [-0.3, -0.25) is 4.79 Å². The molecular formula is C15H22N4O2S. The topological polar surface area (TPSA) is 72.9 Å². The molecule has 1 amide bonds. The average molecular weight is 322 g/mol. The second kappa shape index (κ2) is 6.16. The van der Waals surface area contributed by atoms with E-state index in [2.05, 4.69) is 15.5 Å². The number of amides is 1. The molecule has 6 nitrogen and oxygen atoms in total. The van der Waals surface area contributed by atoms with Crippen molar-refractivity contribution in [2.75, 3.05) is 0 Å². The summed E-state index contributed by atoms with van der Waals surface area (Å²) in [7, 11) is 1.89. The van der Waals surface area contributed by atoms with Gasteiger partial charge in [-0.2, -0.15) is 0 Å². The van der Waals surface area contributed by atoms with E-state index in [1.54, 1.807) is 6.26 Å². The predicted molar refractivity (Wildman–Crippen MR) is 86.7 cm³/mol. The summed E-state index contributed by atoms with van der Waals surface area (Å²) in [5.41, 5.74) is 0.666. The molecule has 0 saturated heterocycles. The number of furan rings is 1. The lowest BCUT2D eigenvalue weighted by molar-refractivity contribution is -0.121. The second-order valence-corrected chi connectivity index (χ2v) is 7.56. The highest BCUT2D eigenvalue weighted by molar-refractivity contribution is 8.00. The molecule has 7 heteroatoms. The van der Waals surface area contributed by atoms with E-state index in [0.29, 0.717) is 5.16 Å². The van der Waals surface area contributed by atoms with Crippen LogP contribution >= 0.6 is 11.8 Å². The smallest absolute Gasteiger partial charge is 0.233 e. The van der Waals surface area contributed by atoms with Gasteiger partial charge in [0.05, 0.1) is 17.1 Å². The Balaban J connectivity index is 2.13. The fourth-order valence-electron chi connectivity index (χ4n) is 1.95. The lowest BCUT2D eigenvalue weighted by Crippen LogP contribution is -2.44. The summed E-state index contributed by atoms with van der Waals surface area (Å²) in [5, 5.41) is 11.8. The fourth-order valence-corrected chi connectivity index (χ4v) is 2.77. The third-order valence-corrected chi connectivity index (χ3v) is 4.22. The molecular weight excluding hydrogens is 300 g/mol. The molecule has 2 aromatic rings. The normalized spacial score (nSPS) is 13.2. The largest absolute Gasteiger partial charge is 0.469 e. The van der Waals surface area contributed by atoms with Crippen LogP contribution in [0, 0.1) is 6.92 Å². The molecule has 120 valence electrons. The highest BCUT2D eigenvalue weighted by Crippen LogP contribution is 2.27. The Kier molecular flexibility index (Phi) is 4.65. The highest BCUT2D eigenvalue weighted by Gasteiger charge is 2.23. The van der Waals surface area contributed by atoms with Gasteiger partial charge in [-0.1, -0.05) is 11.8 Å². The summed E-state index contributed by atoms with van der Waals surface area (Å²) in [6, 6.07) is 1.86. The zero-order chi connectivity index (χ0) is 16.5. The van der Waals surface area contributed by atoms with Crippen LogP contribution in [0.3, 0.4) is 0 Å². The number of aromatic nitrogens is 3. The molecule has 0 saturated carbocycles. The molecule has 0 aliphatic heterocycles. The second-order valence-electron chi connectivity index (χ2n) is 6.25. The molecule has 2 aromatic heterocycles. The summed E-state index contributed by atoms with van der Waals surface area (Å²) in [5.74, 6) is 1.52. The maximum atomic E-state index is 12.2. The van der Waals surface area contributed by atoms with Gasteiger partial charge in [-0.05, 0) is 40.7 Å². The summed E-state index contributed by atoms with van der Waals surface area (Å²) in [6.45, 7) is 9.64. The molecule has 0 radical (unpaired) electrons. The zero-order valence-corrected chi connectivity index (χ0v) is 14.6. The first-order chi connectivity index (χ1) is 10.2. The zero-order valence-electron chi connectivity index (χ0n) is 13.8. The van der Waals surface area contributed by atoms with E-state index >= 15 is 0 Å². The Labute approximate surface area is 134 Å². The number of rotatable bonds is 4. The fraction of sp³-hybridized carbons (Fsp3) is 0.533. The van der Waals surface area contributed by atoms with Crippen LogP contribution in [0.5, 0.6) is 0 Å². The van der Waals surface area contributed by atoms with Crippen molar-refractivity contribution in [1.29, 1.82) is 0 Å². The standard InChI is InChI=1S/C15H22N4O2S/c1-9-11(7-8-21-9)12-17-18-14(19(12)6)22-10(2)13(20)16-15(3,4)5/h7-8,10H,1-6H3,(H,16,20)/t10-/m0/s1. The molecule has 2 rings (SSSR count). The van der Waals surface area contributed by atoms with Crippen LogP contribution < -0.4 is 5.32 Å². The molecule has 0 aliphatic rings. The minimum absolute atomic E-state index is 0.0125. The Morgan fingerprint density at radius 3 is 2.64 bits per heavy atom. The first kappa shape index (κ1) is 16.6. The van der Waals surface area contributed by atoms with Crippen LogP contribution in [-0.2, 0) is 11.8 Å². The summed E-state index contributed by atoms with van der Waals surface area (Å²) >= 11 is 1.39. The van der Waals surface area contributed by atoms with Gasteiger partial charge < -0.3 is 14.3 Å². The van der Waals surface area contributed by atoms with Crippen molar-refractivity contribution in [1.82, 2.24) is 20.1 Å². The van der Waals surface area contributed by atoms with Gasteiger partial charge in [0.25, 0.3) is 0 Å². The summed E-state index contributed by atoms with van der Waals surface area (Å²) in [4.78, 5) is 12.2. The van der Waals surface area contributed by atoms with Gasteiger partial charge >= 0.3 is 0 Å². The van der Waals surface area contributed by atoms with Gasteiger partial charge in [0.15, 0.2) is 11.0 Å². The van der Waals surface area contributed by atoms with Crippen LogP contribution in [0.15, 0.2) is 21.9 Å². The van der Waals surface area contributed by atoms with E-state index in [-0.39, 0.29) is 16.7 Å². The van der Waals surface area contributed by atoms with Gasteiger partial charge in [0.2, 0.25) is 5.91 Å². The van der Waals surface area contributed by atoms with Gasteiger partial charge in [0.1, 0.15) is 5.76 Å².